The third-order valence-electron chi connectivity index (χ3n) is 4.88. The molecule has 4 rings (SSSR count). The van der Waals surface area contributed by atoms with Gasteiger partial charge < -0.3 is 15.4 Å². The van der Waals surface area contributed by atoms with Crippen molar-refractivity contribution in [2.45, 2.75) is 19.3 Å². The highest BCUT2D eigenvalue weighted by Gasteiger charge is 2.37. The van der Waals surface area contributed by atoms with E-state index < -0.39 is 35.2 Å². The van der Waals surface area contributed by atoms with Crippen LogP contribution in [-0.4, -0.2) is 25.6 Å². The lowest BCUT2D eigenvalue weighted by Gasteiger charge is -2.15. The second-order valence-corrected chi connectivity index (χ2v) is 7.56. The maximum absolute atomic E-state index is 13.0. The summed E-state index contributed by atoms with van der Waals surface area (Å²) in [7, 11) is 0. The average molecular weight is 522 g/mol. The lowest BCUT2D eigenvalue weighted by molar-refractivity contribution is -0.143. The van der Waals surface area contributed by atoms with E-state index >= 15 is 0 Å². The minimum Gasteiger partial charge on any atom is -0.439 e. The molecule has 2 aromatic carbocycles. The molecule has 0 bridgehead atoms. The van der Waals surface area contributed by atoms with E-state index in [9.17, 15) is 31.1 Å². The molecule has 0 saturated carbocycles. The van der Waals surface area contributed by atoms with Gasteiger partial charge in [-0.15, -0.1) is 0 Å². The number of carbonyl (C=O) groups excluding carboxylic acids is 1. The molecule has 2 heterocycles. The molecule has 0 spiro atoms. The summed E-state index contributed by atoms with van der Waals surface area (Å²) in [6.07, 6.45) is -5.43. The van der Waals surface area contributed by atoms with Gasteiger partial charge >= 0.3 is 18.4 Å². The molecule has 2 N–H and O–H groups in total. The number of hydrogen-bond donors (Lipinski definition) is 2. The van der Waals surface area contributed by atoms with Gasteiger partial charge in [-0.1, -0.05) is 0 Å². The Labute approximate surface area is 205 Å². The topological polar surface area (TPSA) is 94.0 Å². The van der Waals surface area contributed by atoms with Gasteiger partial charge in [0.1, 0.15) is 23.7 Å². The van der Waals surface area contributed by atoms with Crippen molar-refractivity contribution in [1.82, 2.24) is 19.5 Å². The third-order valence-corrected chi connectivity index (χ3v) is 4.88. The first-order chi connectivity index (χ1) is 17.4. The summed E-state index contributed by atoms with van der Waals surface area (Å²) in [5, 5.41) is 4.32. The summed E-state index contributed by atoms with van der Waals surface area (Å²) in [5.41, 5.74) is -3.57. The molecule has 0 radical (unpaired) electrons. The number of aromatic nitrogens is 4. The Morgan fingerprint density at radius 3 is 2.03 bits per heavy atom. The van der Waals surface area contributed by atoms with Crippen LogP contribution >= 0.6 is 0 Å². The number of urea groups is 1. The fraction of sp³-hybridized carbons (Fsp3) is 0.130. The van der Waals surface area contributed by atoms with Gasteiger partial charge in [0.05, 0.1) is 11.1 Å². The van der Waals surface area contributed by atoms with Crippen LogP contribution < -0.4 is 15.4 Å². The second kappa shape index (κ2) is 9.79. The van der Waals surface area contributed by atoms with Crippen LogP contribution in [-0.2, 0) is 12.4 Å². The first kappa shape index (κ1) is 25.5. The SMILES string of the molecule is Cc1nccn1-c1cc(Oc2ccc(NC(=O)Nc3cc(C(F)(F)F)cc(C(F)(F)F)c3)cc2)ncn1. The van der Waals surface area contributed by atoms with Crippen LogP contribution in [0.5, 0.6) is 11.6 Å². The number of nitrogens with zero attached hydrogens (tertiary/aromatic N) is 4. The number of nitrogens with one attached hydrogen (secondary N) is 2. The second-order valence-electron chi connectivity index (χ2n) is 7.56. The van der Waals surface area contributed by atoms with Gasteiger partial charge in [0, 0.05) is 29.8 Å². The maximum atomic E-state index is 13.0. The lowest BCUT2D eigenvalue weighted by Crippen LogP contribution is -2.20. The molecule has 14 heteroatoms. The van der Waals surface area contributed by atoms with Crippen LogP contribution in [0.3, 0.4) is 0 Å². The average Bonchev–Trinajstić information content (AvgIpc) is 3.25. The van der Waals surface area contributed by atoms with Crippen molar-refractivity contribution < 1.29 is 35.9 Å². The molecule has 192 valence electrons. The molecule has 0 aliphatic heterocycles. The van der Waals surface area contributed by atoms with Crippen LogP contribution in [0.1, 0.15) is 17.0 Å². The summed E-state index contributed by atoms with van der Waals surface area (Å²) in [6.45, 7) is 1.80. The van der Waals surface area contributed by atoms with E-state index in [-0.39, 0.29) is 17.6 Å². The van der Waals surface area contributed by atoms with Crippen molar-refractivity contribution in [3.8, 4) is 17.4 Å². The van der Waals surface area contributed by atoms with Crippen LogP contribution in [0.15, 0.2) is 67.3 Å². The Balaban J connectivity index is 1.43. The molecule has 0 saturated heterocycles. The largest absolute Gasteiger partial charge is 0.439 e. The van der Waals surface area contributed by atoms with Gasteiger partial charge in [-0.2, -0.15) is 26.3 Å². The highest BCUT2D eigenvalue weighted by molar-refractivity contribution is 5.99. The van der Waals surface area contributed by atoms with Gasteiger partial charge in [0.25, 0.3) is 0 Å². The van der Waals surface area contributed by atoms with Gasteiger partial charge in [0.15, 0.2) is 0 Å². The zero-order valence-electron chi connectivity index (χ0n) is 18.7. The van der Waals surface area contributed by atoms with Gasteiger partial charge in [0.2, 0.25) is 5.88 Å². The van der Waals surface area contributed by atoms with E-state index in [0.717, 1.165) is 0 Å². The molecule has 2 amide bonds. The Morgan fingerprint density at radius 2 is 1.46 bits per heavy atom. The predicted molar refractivity (Wildman–Crippen MR) is 119 cm³/mol. The first-order valence-corrected chi connectivity index (χ1v) is 10.4. The molecule has 37 heavy (non-hydrogen) atoms. The zero-order valence-corrected chi connectivity index (χ0v) is 18.7. The van der Waals surface area contributed by atoms with Crippen molar-refractivity contribution in [1.29, 1.82) is 0 Å². The quantitative estimate of drug-likeness (QED) is 0.294. The number of imidazole rings is 1. The maximum Gasteiger partial charge on any atom is 0.416 e. The summed E-state index contributed by atoms with van der Waals surface area (Å²) >= 11 is 0. The van der Waals surface area contributed by atoms with Gasteiger partial charge in [-0.05, 0) is 49.4 Å². The number of carbonyl (C=O) groups is 1. The van der Waals surface area contributed by atoms with E-state index in [4.69, 9.17) is 4.74 Å². The first-order valence-electron chi connectivity index (χ1n) is 10.4. The molecule has 2 aromatic heterocycles. The van der Waals surface area contributed by atoms with E-state index in [1.807, 2.05) is 5.32 Å². The summed E-state index contributed by atoms with van der Waals surface area (Å²) in [6, 6.07) is 7.13. The van der Waals surface area contributed by atoms with E-state index in [1.54, 1.807) is 30.0 Å². The van der Waals surface area contributed by atoms with Crippen molar-refractivity contribution in [3.05, 3.63) is 84.2 Å². The Morgan fingerprint density at radius 1 is 0.838 bits per heavy atom. The van der Waals surface area contributed by atoms with Crippen molar-refractivity contribution in [2.75, 3.05) is 10.6 Å². The number of ether oxygens (including phenoxy) is 1. The number of hydrogen-bond acceptors (Lipinski definition) is 5. The number of halogens is 6. The van der Waals surface area contributed by atoms with E-state index in [1.165, 1.54) is 30.6 Å². The summed E-state index contributed by atoms with van der Waals surface area (Å²) < 4.78 is 85.4. The number of aryl methyl sites for hydroxylation is 1. The smallest absolute Gasteiger partial charge is 0.416 e. The van der Waals surface area contributed by atoms with Crippen molar-refractivity contribution in [2.24, 2.45) is 0 Å². The van der Waals surface area contributed by atoms with Gasteiger partial charge in [-0.25, -0.2) is 19.7 Å². The summed E-state index contributed by atoms with van der Waals surface area (Å²) in [5.74, 6) is 1.79. The molecule has 0 atom stereocenters. The van der Waals surface area contributed by atoms with E-state index in [0.29, 0.717) is 29.5 Å². The Bertz CT molecular complexity index is 1380. The Hall–Kier alpha value is -4.62. The normalized spacial score (nSPS) is 11.8. The van der Waals surface area contributed by atoms with Crippen LogP contribution in [0.4, 0.5) is 42.5 Å². The molecule has 0 aliphatic rings. The molecule has 4 aromatic rings. The fourth-order valence-corrected chi connectivity index (χ4v) is 3.19. The van der Waals surface area contributed by atoms with Crippen LogP contribution in [0.2, 0.25) is 0 Å². The fourth-order valence-electron chi connectivity index (χ4n) is 3.19. The highest BCUT2D eigenvalue weighted by atomic mass is 19.4. The molecule has 8 nitrogen and oxygen atoms in total. The third kappa shape index (κ3) is 6.34. The summed E-state index contributed by atoms with van der Waals surface area (Å²) in [4.78, 5) is 24.5. The number of benzene rings is 2. The number of rotatable bonds is 5. The standard InChI is InChI=1S/C23H16F6N6O2/c1-13-30-6-7-35(13)19-11-20(32-12-31-19)37-18-4-2-16(3-5-18)33-21(36)34-17-9-14(22(24,25)26)8-15(10-17)23(27,28)29/h2-12H,1H3,(H2,33,34,36). The number of amides is 2. The molecule has 0 aliphatic carbocycles. The minimum atomic E-state index is -5.04. The number of alkyl halides is 6. The molecule has 0 fully saturated rings. The monoisotopic (exact) mass is 522 g/mol. The molecular weight excluding hydrogens is 506 g/mol. The lowest BCUT2D eigenvalue weighted by atomic mass is 10.1. The minimum absolute atomic E-state index is 0.0288. The molecule has 0 unspecified atom stereocenters. The number of anilines is 2. The highest BCUT2D eigenvalue weighted by Crippen LogP contribution is 2.37. The van der Waals surface area contributed by atoms with Crippen LogP contribution in [0, 0.1) is 6.92 Å². The molecular formula is C23H16F6N6O2. The Kier molecular flexibility index (Phi) is 6.74. The van der Waals surface area contributed by atoms with Crippen molar-refractivity contribution in [3.63, 3.8) is 0 Å². The zero-order chi connectivity index (χ0) is 26.8. The van der Waals surface area contributed by atoms with E-state index in [2.05, 4.69) is 20.3 Å². The van der Waals surface area contributed by atoms with Crippen molar-refractivity contribution >= 4 is 17.4 Å². The van der Waals surface area contributed by atoms with Crippen LogP contribution in [0.25, 0.3) is 5.82 Å². The van der Waals surface area contributed by atoms with Gasteiger partial charge in [-0.3, -0.25) is 4.57 Å². The predicted octanol–water partition coefficient (Wildman–Crippen LogP) is 6.44.